The van der Waals surface area contributed by atoms with Crippen molar-refractivity contribution < 1.29 is 18.1 Å². The van der Waals surface area contributed by atoms with Crippen LogP contribution in [0.3, 0.4) is 0 Å². The summed E-state index contributed by atoms with van der Waals surface area (Å²) in [4.78, 5) is 15.7. The number of hydrogen-bond acceptors (Lipinski definition) is 4. The Morgan fingerprint density at radius 2 is 2.28 bits per heavy atom. The molecule has 0 spiro atoms. The van der Waals surface area contributed by atoms with Crippen LogP contribution in [0.2, 0.25) is 0 Å². The van der Waals surface area contributed by atoms with Gasteiger partial charge in [-0.2, -0.15) is 0 Å². The Kier molecular flexibility index (Phi) is 5.64. The fourth-order valence-corrected chi connectivity index (χ4v) is 1.80. The molecule has 4 nitrogen and oxygen atoms in total. The molecule has 1 unspecified atom stereocenters. The molecule has 0 N–H and O–H groups in total. The Morgan fingerprint density at radius 3 is 2.89 bits per heavy atom. The third-order valence-electron chi connectivity index (χ3n) is 2.03. The number of halogens is 1. The van der Waals surface area contributed by atoms with E-state index in [1.807, 2.05) is 0 Å². The molecule has 0 saturated carbocycles. The summed E-state index contributed by atoms with van der Waals surface area (Å²) in [5.41, 5.74) is 0.418. The highest BCUT2D eigenvalue weighted by molar-refractivity contribution is 7.85. The summed E-state index contributed by atoms with van der Waals surface area (Å²) in [6.45, 7) is 2.21. The minimum atomic E-state index is -1.24. The SMILES string of the molecule is CCOC=Nc1cc(F)ccc1C(=O)CS(C)=O. The predicted octanol–water partition coefficient (Wildman–Crippen LogP) is 2.08. The van der Waals surface area contributed by atoms with Crippen molar-refractivity contribution in [2.24, 2.45) is 4.99 Å². The molecule has 6 heteroatoms. The number of carbonyl (C=O) groups excluding carboxylic acids is 1. The summed E-state index contributed by atoms with van der Waals surface area (Å²) in [7, 11) is -1.24. The van der Waals surface area contributed by atoms with E-state index in [2.05, 4.69) is 4.99 Å². The van der Waals surface area contributed by atoms with Crippen LogP contribution in [0.1, 0.15) is 17.3 Å². The fourth-order valence-electron chi connectivity index (χ4n) is 1.28. The van der Waals surface area contributed by atoms with Crippen molar-refractivity contribution in [1.82, 2.24) is 0 Å². The Balaban J connectivity index is 3.02. The van der Waals surface area contributed by atoms with E-state index in [4.69, 9.17) is 4.74 Å². The van der Waals surface area contributed by atoms with Gasteiger partial charge in [-0.1, -0.05) is 0 Å². The van der Waals surface area contributed by atoms with Crippen LogP contribution in [-0.2, 0) is 15.5 Å². The zero-order valence-electron chi connectivity index (χ0n) is 10.2. The number of nitrogens with zero attached hydrogens (tertiary/aromatic N) is 1. The standard InChI is InChI=1S/C12H14FNO3S/c1-3-17-8-14-11-6-9(13)4-5-10(11)12(15)7-18(2)16/h4-6,8H,3,7H2,1-2H3. The summed E-state index contributed by atoms with van der Waals surface area (Å²) >= 11 is 0. The summed E-state index contributed by atoms with van der Waals surface area (Å²) in [5, 5.41) is 0. The van der Waals surface area contributed by atoms with E-state index >= 15 is 0 Å². The van der Waals surface area contributed by atoms with Gasteiger partial charge in [-0.15, -0.1) is 0 Å². The van der Waals surface area contributed by atoms with Crippen molar-refractivity contribution in [3.8, 4) is 0 Å². The highest BCUT2D eigenvalue weighted by atomic mass is 32.2. The van der Waals surface area contributed by atoms with Gasteiger partial charge in [0.1, 0.15) is 5.82 Å². The third kappa shape index (κ3) is 4.37. The molecule has 1 rings (SSSR count). The second-order valence-corrected chi connectivity index (χ2v) is 4.93. The molecule has 1 aromatic carbocycles. The Hall–Kier alpha value is -1.56. The van der Waals surface area contributed by atoms with Crippen molar-refractivity contribution in [3.63, 3.8) is 0 Å². The van der Waals surface area contributed by atoms with E-state index < -0.39 is 16.6 Å². The predicted molar refractivity (Wildman–Crippen MR) is 69.4 cm³/mol. The first-order chi connectivity index (χ1) is 8.54. The number of benzene rings is 1. The largest absolute Gasteiger partial charge is 0.483 e. The van der Waals surface area contributed by atoms with Crippen LogP contribution in [0.15, 0.2) is 23.2 Å². The van der Waals surface area contributed by atoms with Gasteiger partial charge in [0.15, 0.2) is 12.2 Å². The molecule has 0 saturated heterocycles. The molecule has 0 fully saturated rings. The van der Waals surface area contributed by atoms with Crippen LogP contribution in [0.5, 0.6) is 0 Å². The first kappa shape index (κ1) is 14.5. The van der Waals surface area contributed by atoms with E-state index in [1.54, 1.807) is 6.92 Å². The second-order valence-electron chi connectivity index (χ2n) is 3.49. The summed E-state index contributed by atoms with van der Waals surface area (Å²) in [6, 6.07) is 3.65. The first-order valence-corrected chi connectivity index (χ1v) is 7.04. The van der Waals surface area contributed by atoms with Gasteiger partial charge in [-0.3, -0.25) is 9.00 Å². The molecule has 98 valence electrons. The van der Waals surface area contributed by atoms with Crippen molar-refractivity contribution in [3.05, 3.63) is 29.6 Å². The molecular formula is C12H14FNO3S. The molecule has 0 amide bonds. The monoisotopic (exact) mass is 271 g/mol. The van der Waals surface area contributed by atoms with E-state index in [0.29, 0.717) is 6.61 Å². The zero-order chi connectivity index (χ0) is 13.5. The molecule has 0 aliphatic carbocycles. The summed E-state index contributed by atoms with van der Waals surface area (Å²) < 4.78 is 29.0. The lowest BCUT2D eigenvalue weighted by Crippen LogP contribution is -2.10. The lowest BCUT2D eigenvalue weighted by Gasteiger charge is -2.04. The molecule has 0 aliphatic rings. The van der Waals surface area contributed by atoms with Gasteiger partial charge >= 0.3 is 0 Å². The Morgan fingerprint density at radius 1 is 1.56 bits per heavy atom. The molecule has 0 bridgehead atoms. The normalized spacial score (nSPS) is 12.6. The van der Waals surface area contributed by atoms with Gasteiger partial charge in [0, 0.05) is 28.7 Å². The summed E-state index contributed by atoms with van der Waals surface area (Å²) in [5.74, 6) is -0.935. The maximum atomic E-state index is 13.1. The van der Waals surface area contributed by atoms with Crippen LogP contribution < -0.4 is 0 Å². The van der Waals surface area contributed by atoms with Gasteiger partial charge in [-0.05, 0) is 19.1 Å². The molecule has 18 heavy (non-hydrogen) atoms. The van der Waals surface area contributed by atoms with Crippen LogP contribution in [0.25, 0.3) is 0 Å². The molecular weight excluding hydrogens is 257 g/mol. The van der Waals surface area contributed by atoms with Gasteiger partial charge in [0.25, 0.3) is 0 Å². The number of carbonyl (C=O) groups is 1. The van der Waals surface area contributed by atoms with Crippen LogP contribution >= 0.6 is 0 Å². The minimum absolute atomic E-state index is 0.108. The number of ketones is 1. The quantitative estimate of drug-likeness (QED) is 0.452. The third-order valence-corrected chi connectivity index (χ3v) is 2.70. The number of hydrogen-bond donors (Lipinski definition) is 0. The molecule has 0 aliphatic heterocycles. The van der Waals surface area contributed by atoms with Gasteiger partial charge in [-0.25, -0.2) is 9.38 Å². The molecule has 0 radical (unpaired) electrons. The highest BCUT2D eigenvalue weighted by Crippen LogP contribution is 2.21. The Bertz CT molecular complexity index is 488. The van der Waals surface area contributed by atoms with Crippen molar-refractivity contribution in [2.45, 2.75) is 6.92 Å². The molecule has 0 aromatic heterocycles. The van der Waals surface area contributed by atoms with Gasteiger partial charge in [0.2, 0.25) is 0 Å². The van der Waals surface area contributed by atoms with Gasteiger partial charge in [0.05, 0.1) is 18.0 Å². The maximum absolute atomic E-state index is 13.1. The number of aliphatic imine (C=N–C) groups is 1. The number of ether oxygens (including phenoxy) is 1. The summed E-state index contributed by atoms with van der Waals surface area (Å²) in [6.07, 6.45) is 2.60. The Labute approximate surface area is 107 Å². The van der Waals surface area contributed by atoms with Crippen molar-refractivity contribution in [2.75, 3.05) is 18.6 Å². The first-order valence-electron chi connectivity index (χ1n) is 5.31. The van der Waals surface area contributed by atoms with Crippen LogP contribution in [0, 0.1) is 5.82 Å². The number of rotatable bonds is 6. The van der Waals surface area contributed by atoms with Crippen molar-refractivity contribution in [1.29, 1.82) is 0 Å². The second kappa shape index (κ2) is 7.00. The number of Topliss-reactive ketones (excluding diaryl/α,β-unsaturated/α-hetero) is 1. The zero-order valence-corrected chi connectivity index (χ0v) is 11.0. The van der Waals surface area contributed by atoms with E-state index in [0.717, 1.165) is 12.5 Å². The van der Waals surface area contributed by atoms with Crippen molar-refractivity contribution >= 4 is 28.7 Å². The van der Waals surface area contributed by atoms with E-state index in [-0.39, 0.29) is 22.8 Å². The molecule has 1 aromatic rings. The molecule has 1 atom stereocenters. The fraction of sp³-hybridized carbons (Fsp3) is 0.333. The van der Waals surface area contributed by atoms with Crippen LogP contribution in [-0.4, -0.2) is 35.0 Å². The minimum Gasteiger partial charge on any atom is -0.483 e. The topological polar surface area (TPSA) is 55.7 Å². The van der Waals surface area contributed by atoms with E-state index in [9.17, 15) is 13.4 Å². The smallest absolute Gasteiger partial charge is 0.177 e. The lowest BCUT2D eigenvalue weighted by molar-refractivity contribution is 0.102. The average Bonchev–Trinajstić information content (AvgIpc) is 2.28. The average molecular weight is 271 g/mol. The maximum Gasteiger partial charge on any atom is 0.177 e. The van der Waals surface area contributed by atoms with E-state index in [1.165, 1.54) is 18.4 Å². The lowest BCUT2D eigenvalue weighted by atomic mass is 10.1. The highest BCUT2D eigenvalue weighted by Gasteiger charge is 2.13. The van der Waals surface area contributed by atoms with Gasteiger partial charge < -0.3 is 4.74 Å². The van der Waals surface area contributed by atoms with Crippen LogP contribution in [0.4, 0.5) is 10.1 Å². The molecule has 0 heterocycles.